The molecule has 136 valence electrons. The van der Waals surface area contributed by atoms with E-state index in [1.54, 1.807) is 7.11 Å². The van der Waals surface area contributed by atoms with Crippen LogP contribution in [-0.2, 0) is 0 Å². The minimum atomic E-state index is 0.0998. The standard InChI is InChI=1S/C22H18Cl2N2O/c1-27-20-12-4-16(5-13-20)22-14-21(15-2-6-17(23)7-3-15)25-26(22)19-10-8-18(24)9-11-19/h2-13,22H,14H2,1H3/t22-/m0/s1. The Kier molecular flexibility index (Phi) is 5.06. The molecule has 0 N–H and O–H groups in total. The number of nitrogens with zero attached hydrogens (tertiary/aromatic N) is 2. The fourth-order valence-corrected chi connectivity index (χ4v) is 3.50. The van der Waals surface area contributed by atoms with Crippen molar-refractivity contribution in [2.24, 2.45) is 5.10 Å². The molecule has 0 bridgehead atoms. The number of hydrogen-bond acceptors (Lipinski definition) is 3. The second kappa shape index (κ2) is 7.63. The molecule has 3 aromatic rings. The smallest absolute Gasteiger partial charge is 0.118 e. The molecule has 0 fully saturated rings. The van der Waals surface area contributed by atoms with Crippen LogP contribution in [0.15, 0.2) is 77.9 Å². The first-order valence-electron chi connectivity index (χ1n) is 8.66. The normalized spacial score (nSPS) is 16.3. The van der Waals surface area contributed by atoms with Crippen LogP contribution in [0.3, 0.4) is 0 Å². The second-order valence-electron chi connectivity index (χ2n) is 6.37. The molecule has 0 saturated heterocycles. The van der Waals surface area contributed by atoms with Gasteiger partial charge in [0.05, 0.1) is 24.6 Å². The van der Waals surface area contributed by atoms with Crippen LogP contribution in [0.1, 0.15) is 23.6 Å². The molecule has 0 aliphatic carbocycles. The van der Waals surface area contributed by atoms with Gasteiger partial charge in [0.1, 0.15) is 5.75 Å². The molecule has 0 saturated carbocycles. The van der Waals surface area contributed by atoms with Crippen LogP contribution in [0.2, 0.25) is 10.0 Å². The Labute approximate surface area is 168 Å². The van der Waals surface area contributed by atoms with Gasteiger partial charge in [-0.25, -0.2) is 0 Å². The van der Waals surface area contributed by atoms with Crippen molar-refractivity contribution in [1.29, 1.82) is 0 Å². The lowest BCUT2D eigenvalue weighted by molar-refractivity contribution is 0.414. The average Bonchev–Trinajstić information content (AvgIpc) is 3.14. The average molecular weight is 397 g/mol. The predicted octanol–water partition coefficient (Wildman–Crippen LogP) is 6.36. The molecule has 0 spiro atoms. The Morgan fingerprint density at radius 2 is 1.44 bits per heavy atom. The third-order valence-corrected chi connectivity index (χ3v) is 5.18. The summed E-state index contributed by atoms with van der Waals surface area (Å²) in [6.45, 7) is 0. The predicted molar refractivity (Wildman–Crippen MR) is 112 cm³/mol. The molecular weight excluding hydrogens is 379 g/mol. The van der Waals surface area contributed by atoms with Crippen molar-refractivity contribution in [3.05, 3.63) is 94.0 Å². The van der Waals surface area contributed by atoms with Crippen molar-refractivity contribution in [3.63, 3.8) is 0 Å². The summed E-state index contributed by atoms with van der Waals surface area (Å²) in [7, 11) is 1.67. The van der Waals surface area contributed by atoms with E-state index in [9.17, 15) is 0 Å². The third-order valence-electron chi connectivity index (χ3n) is 4.68. The first kappa shape index (κ1) is 17.9. The summed E-state index contributed by atoms with van der Waals surface area (Å²) < 4.78 is 5.29. The quantitative estimate of drug-likeness (QED) is 0.512. The number of hydrogen-bond donors (Lipinski definition) is 0. The van der Waals surface area contributed by atoms with E-state index in [0.29, 0.717) is 5.02 Å². The van der Waals surface area contributed by atoms with E-state index in [-0.39, 0.29) is 6.04 Å². The van der Waals surface area contributed by atoms with Gasteiger partial charge in [-0.2, -0.15) is 5.10 Å². The van der Waals surface area contributed by atoms with Gasteiger partial charge in [-0.1, -0.05) is 47.5 Å². The van der Waals surface area contributed by atoms with Gasteiger partial charge >= 0.3 is 0 Å². The van der Waals surface area contributed by atoms with Crippen molar-refractivity contribution in [2.45, 2.75) is 12.5 Å². The van der Waals surface area contributed by atoms with E-state index in [4.69, 9.17) is 33.0 Å². The lowest BCUT2D eigenvalue weighted by atomic mass is 9.98. The fourth-order valence-electron chi connectivity index (χ4n) is 3.24. The molecule has 1 aliphatic heterocycles. The zero-order valence-electron chi connectivity index (χ0n) is 14.8. The van der Waals surface area contributed by atoms with E-state index >= 15 is 0 Å². The summed E-state index contributed by atoms with van der Waals surface area (Å²) in [5.41, 5.74) is 4.29. The van der Waals surface area contributed by atoms with Crippen LogP contribution >= 0.6 is 23.2 Å². The number of benzene rings is 3. The Balaban J connectivity index is 1.72. The maximum atomic E-state index is 6.06. The monoisotopic (exact) mass is 396 g/mol. The largest absolute Gasteiger partial charge is 0.497 e. The Morgan fingerprint density at radius 1 is 0.852 bits per heavy atom. The SMILES string of the molecule is COc1ccc([C@@H]2CC(c3ccc(Cl)cc3)=NN2c2ccc(Cl)cc2)cc1. The van der Waals surface area contributed by atoms with Crippen LogP contribution < -0.4 is 9.75 Å². The molecule has 1 atom stereocenters. The number of hydrazone groups is 1. The van der Waals surface area contributed by atoms with Crippen molar-refractivity contribution >= 4 is 34.6 Å². The highest BCUT2D eigenvalue weighted by atomic mass is 35.5. The summed E-state index contributed by atoms with van der Waals surface area (Å²) in [4.78, 5) is 0. The maximum absolute atomic E-state index is 6.06. The number of anilines is 1. The number of halogens is 2. The van der Waals surface area contributed by atoms with Crippen molar-refractivity contribution in [2.75, 3.05) is 12.1 Å². The zero-order chi connectivity index (χ0) is 18.8. The maximum Gasteiger partial charge on any atom is 0.118 e. The van der Waals surface area contributed by atoms with Crippen LogP contribution in [0.4, 0.5) is 5.69 Å². The van der Waals surface area contributed by atoms with Gasteiger partial charge in [-0.3, -0.25) is 5.01 Å². The molecular formula is C22H18Cl2N2O. The van der Waals surface area contributed by atoms with Gasteiger partial charge in [0.15, 0.2) is 0 Å². The highest BCUT2D eigenvalue weighted by molar-refractivity contribution is 6.31. The Morgan fingerprint density at radius 3 is 2.04 bits per heavy atom. The molecule has 0 aromatic heterocycles. The van der Waals surface area contributed by atoms with Crippen LogP contribution in [0.25, 0.3) is 0 Å². The molecule has 0 radical (unpaired) electrons. The fraction of sp³-hybridized carbons (Fsp3) is 0.136. The molecule has 27 heavy (non-hydrogen) atoms. The molecule has 0 amide bonds. The first-order valence-corrected chi connectivity index (χ1v) is 9.42. The van der Waals surface area contributed by atoms with E-state index in [1.807, 2.05) is 60.7 Å². The summed E-state index contributed by atoms with van der Waals surface area (Å²) in [6, 6.07) is 23.8. The summed E-state index contributed by atoms with van der Waals surface area (Å²) in [5, 5.41) is 8.41. The van der Waals surface area contributed by atoms with E-state index in [0.717, 1.165) is 34.2 Å². The van der Waals surface area contributed by atoms with E-state index < -0.39 is 0 Å². The summed E-state index contributed by atoms with van der Waals surface area (Å²) >= 11 is 12.1. The lowest BCUT2D eigenvalue weighted by Crippen LogP contribution is -2.18. The first-order chi connectivity index (χ1) is 13.1. The number of methoxy groups -OCH3 is 1. The highest BCUT2D eigenvalue weighted by Gasteiger charge is 2.29. The molecule has 1 aliphatic rings. The van der Waals surface area contributed by atoms with Crippen molar-refractivity contribution in [1.82, 2.24) is 0 Å². The van der Waals surface area contributed by atoms with E-state index in [1.165, 1.54) is 5.56 Å². The van der Waals surface area contributed by atoms with Crippen LogP contribution in [-0.4, -0.2) is 12.8 Å². The Hall–Kier alpha value is -2.49. The summed E-state index contributed by atoms with van der Waals surface area (Å²) in [6.07, 6.45) is 0.802. The van der Waals surface area contributed by atoms with Gasteiger partial charge in [-0.05, 0) is 59.7 Å². The number of rotatable bonds is 4. The van der Waals surface area contributed by atoms with Crippen molar-refractivity contribution in [3.8, 4) is 5.75 Å². The molecule has 3 nitrogen and oxygen atoms in total. The van der Waals surface area contributed by atoms with Crippen molar-refractivity contribution < 1.29 is 4.74 Å². The van der Waals surface area contributed by atoms with Gasteiger partial charge < -0.3 is 4.74 Å². The topological polar surface area (TPSA) is 24.8 Å². The van der Waals surface area contributed by atoms with E-state index in [2.05, 4.69) is 17.1 Å². The second-order valence-corrected chi connectivity index (χ2v) is 7.24. The minimum Gasteiger partial charge on any atom is -0.497 e. The van der Waals surface area contributed by atoms with Gasteiger partial charge in [0.25, 0.3) is 0 Å². The molecule has 1 heterocycles. The number of ether oxygens (including phenoxy) is 1. The highest BCUT2D eigenvalue weighted by Crippen LogP contribution is 2.37. The molecule has 0 unspecified atom stereocenters. The Bertz CT molecular complexity index is 951. The minimum absolute atomic E-state index is 0.0998. The third kappa shape index (κ3) is 3.80. The summed E-state index contributed by atoms with van der Waals surface area (Å²) in [5.74, 6) is 0.841. The van der Waals surface area contributed by atoms with Gasteiger partial charge in [0.2, 0.25) is 0 Å². The lowest BCUT2D eigenvalue weighted by Gasteiger charge is -2.24. The zero-order valence-corrected chi connectivity index (χ0v) is 16.3. The molecule has 5 heteroatoms. The molecule has 3 aromatic carbocycles. The van der Waals surface area contributed by atoms with Crippen LogP contribution in [0.5, 0.6) is 5.75 Å². The van der Waals surface area contributed by atoms with Crippen LogP contribution in [0, 0.1) is 0 Å². The van der Waals surface area contributed by atoms with Gasteiger partial charge in [0, 0.05) is 16.5 Å². The molecule has 4 rings (SSSR count). The van der Waals surface area contributed by atoms with Gasteiger partial charge in [-0.15, -0.1) is 0 Å².